The van der Waals surface area contributed by atoms with Gasteiger partial charge >= 0.3 is 5.97 Å². The van der Waals surface area contributed by atoms with Crippen LogP contribution in [0.5, 0.6) is 5.75 Å². The van der Waals surface area contributed by atoms with Crippen molar-refractivity contribution in [1.82, 2.24) is 10.3 Å². The van der Waals surface area contributed by atoms with E-state index in [0.717, 1.165) is 34.0 Å². The van der Waals surface area contributed by atoms with Crippen molar-refractivity contribution in [2.75, 3.05) is 13.2 Å². The smallest absolute Gasteiger partial charge is 0.303 e. The van der Waals surface area contributed by atoms with Gasteiger partial charge in [-0.15, -0.1) is 11.3 Å². The molecule has 0 saturated carbocycles. The molecule has 1 aliphatic rings. The molecule has 1 aliphatic heterocycles. The molecule has 0 bridgehead atoms. The summed E-state index contributed by atoms with van der Waals surface area (Å²) >= 11 is 1.61. The second kappa shape index (κ2) is 6.89. The molecule has 3 rings (SSSR count). The maximum Gasteiger partial charge on any atom is 0.303 e. The van der Waals surface area contributed by atoms with Crippen LogP contribution in [-0.2, 0) is 11.2 Å². The molecule has 0 radical (unpaired) electrons. The van der Waals surface area contributed by atoms with Crippen LogP contribution in [0, 0.1) is 0 Å². The minimum atomic E-state index is -0.767. The van der Waals surface area contributed by atoms with Gasteiger partial charge in [-0.25, -0.2) is 0 Å². The number of aryl methyl sites for hydroxylation is 1. The van der Waals surface area contributed by atoms with E-state index in [1.54, 1.807) is 23.7 Å². The van der Waals surface area contributed by atoms with Gasteiger partial charge in [-0.05, 0) is 37.6 Å². The van der Waals surface area contributed by atoms with Crippen molar-refractivity contribution in [1.29, 1.82) is 0 Å². The third-order valence-corrected chi connectivity index (χ3v) is 4.82. The summed E-state index contributed by atoms with van der Waals surface area (Å²) in [5.41, 5.74) is 1.01. The van der Waals surface area contributed by atoms with Crippen molar-refractivity contribution >= 4 is 17.3 Å². The Balaban J connectivity index is 1.64. The molecule has 0 aliphatic carbocycles. The lowest BCUT2D eigenvalue weighted by Gasteiger charge is -2.27. The number of nitrogens with zero attached hydrogens (tertiary/aromatic N) is 1. The number of carboxylic acid groups (broad SMARTS) is 1. The van der Waals surface area contributed by atoms with Gasteiger partial charge in [0.05, 0.1) is 12.6 Å². The zero-order chi connectivity index (χ0) is 15.4. The average molecular weight is 318 g/mol. The predicted molar refractivity (Wildman–Crippen MR) is 85.4 cm³/mol. The van der Waals surface area contributed by atoms with Crippen molar-refractivity contribution in [3.05, 3.63) is 35.5 Å². The SMILES string of the molecule is O=C(O)CCc1ccc(-c2cncc(OC[C@@H]3CCN3)c2)s1. The molecule has 0 aromatic carbocycles. The molecule has 2 aromatic heterocycles. The van der Waals surface area contributed by atoms with Gasteiger partial charge in [0.25, 0.3) is 0 Å². The number of nitrogens with one attached hydrogen (secondary N) is 1. The number of pyridine rings is 1. The number of hydrogen-bond acceptors (Lipinski definition) is 5. The van der Waals surface area contributed by atoms with Crippen molar-refractivity contribution in [3.63, 3.8) is 0 Å². The highest BCUT2D eigenvalue weighted by atomic mass is 32.1. The van der Waals surface area contributed by atoms with Crippen molar-refractivity contribution in [3.8, 4) is 16.2 Å². The maximum atomic E-state index is 10.6. The quantitative estimate of drug-likeness (QED) is 0.821. The van der Waals surface area contributed by atoms with Crippen LogP contribution in [0.15, 0.2) is 30.6 Å². The van der Waals surface area contributed by atoms with E-state index >= 15 is 0 Å². The summed E-state index contributed by atoms with van der Waals surface area (Å²) in [6, 6.07) is 6.43. The zero-order valence-corrected chi connectivity index (χ0v) is 12.9. The molecule has 5 nitrogen and oxygen atoms in total. The van der Waals surface area contributed by atoms with Gasteiger partial charge in [0.1, 0.15) is 12.4 Å². The first-order valence-electron chi connectivity index (χ1n) is 7.33. The van der Waals surface area contributed by atoms with Crippen LogP contribution < -0.4 is 10.1 Å². The van der Waals surface area contributed by atoms with Crippen LogP contribution in [0.2, 0.25) is 0 Å². The summed E-state index contributed by atoms with van der Waals surface area (Å²) in [6.45, 7) is 1.74. The molecule has 6 heteroatoms. The number of rotatable bonds is 7. The van der Waals surface area contributed by atoms with E-state index in [-0.39, 0.29) is 6.42 Å². The number of aliphatic carboxylic acids is 1. The van der Waals surface area contributed by atoms with Gasteiger partial charge in [0.15, 0.2) is 0 Å². The van der Waals surface area contributed by atoms with Gasteiger partial charge in [0.2, 0.25) is 0 Å². The third kappa shape index (κ3) is 3.84. The Labute approximate surface area is 133 Å². The number of ether oxygens (including phenoxy) is 1. The second-order valence-electron chi connectivity index (χ2n) is 5.32. The van der Waals surface area contributed by atoms with Crippen molar-refractivity contribution in [2.24, 2.45) is 0 Å². The van der Waals surface area contributed by atoms with Crippen LogP contribution in [-0.4, -0.2) is 35.3 Å². The minimum absolute atomic E-state index is 0.162. The molecule has 1 atom stereocenters. The third-order valence-electron chi connectivity index (χ3n) is 3.62. The normalized spacial score (nSPS) is 17.0. The van der Waals surface area contributed by atoms with Crippen LogP contribution >= 0.6 is 11.3 Å². The average Bonchev–Trinajstić information content (AvgIpc) is 2.93. The zero-order valence-electron chi connectivity index (χ0n) is 12.1. The van der Waals surface area contributed by atoms with Gasteiger partial charge in [-0.1, -0.05) is 0 Å². The molecule has 1 fully saturated rings. The highest BCUT2D eigenvalue weighted by Gasteiger charge is 2.16. The van der Waals surface area contributed by atoms with E-state index in [1.165, 1.54) is 0 Å². The summed E-state index contributed by atoms with van der Waals surface area (Å²) in [5.74, 6) is 0.00306. The Morgan fingerprint density at radius 3 is 3.05 bits per heavy atom. The van der Waals surface area contributed by atoms with Gasteiger partial charge in [-0.2, -0.15) is 0 Å². The lowest BCUT2D eigenvalue weighted by molar-refractivity contribution is -0.136. The number of thiophene rings is 1. The van der Waals surface area contributed by atoms with E-state index in [0.29, 0.717) is 19.1 Å². The predicted octanol–water partition coefficient (Wildman–Crippen LogP) is 2.57. The maximum absolute atomic E-state index is 10.6. The van der Waals surface area contributed by atoms with Crippen molar-refractivity contribution < 1.29 is 14.6 Å². The topological polar surface area (TPSA) is 71.5 Å². The monoisotopic (exact) mass is 318 g/mol. The molecule has 1 saturated heterocycles. The molecule has 22 heavy (non-hydrogen) atoms. The fraction of sp³-hybridized carbons (Fsp3) is 0.375. The Hall–Kier alpha value is -1.92. The molecular formula is C16H18N2O3S. The molecule has 2 aromatic rings. The Bertz CT molecular complexity index is 652. The van der Waals surface area contributed by atoms with E-state index in [4.69, 9.17) is 9.84 Å². The standard InChI is InChI=1S/C16H18N2O3S/c19-16(20)4-2-14-1-3-15(22-14)11-7-13(9-17-8-11)21-10-12-5-6-18-12/h1,3,7-9,12,18H,2,4-6,10H2,(H,19,20)/t12-/m0/s1. The van der Waals surface area contributed by atoms with Gasteiger partial charge in [-0.3, -0.25) is 9.78 Å². The highest BCUT2D eigenvalue weighted by molar-refractivity contribution is 7.15. The van der Waals surface area contributed by atoms with E-state index in [9.17, 15) is 4.79 Å². The Morgan fingerprint density at radius 2 is 2.32 bits per heavy atom. The largest absolute Gasteiger partial charge is 0.490 e. The lowest BCUT2D eigenvalue weighted by atomic mass is 10.1. The van der Waals surface area contributed by atoms with Crippen molar-refractivity contribution in [2.45, 2.75) is 25.3 Å². The summed E-state index contributed by atoms with van der Waals surface area (Å²) in [7, 11) is 0. The molecule has 116 valence electrons. The fourth-order valence-corrected chi connectivity index (χ4v) is 3.21. The molecule has 0 unspecified atom stereocenters. The summed E-state index contributed by atoms with van der Waals surface area (Å²) < 4.78 is 5.76. The highest BCUT2D eigenvalue weighted by Crippen LogP contribution is 2.30. The number of aromatic nitrogens is 1. The number of carbonyl (C=O) groups is 1. The second-order valence-corrected chi connectivity index (χ2v) is 6.49. The lowest BCUT2D eigenvalue weighted by Crippen LogP contribution is -2.46. The first kappa shape index (κ1) is 15.0. The Morgan fingerprint density at radius 1 is 1.45 bits per heavy atom. The van der Waals surface area contributed by atoms with Gasteiger partial charge in [0, 0.05) is 27.6 Å². The summed E-state index contributed by atoms with van der Waals surface area (Å²) in [6.07, 6.45) is 5.42. The first-order valence-corrected chi connectivity index (χ1v) is 8.14. The van der Waals surface area contributed by atoms with Crippen LogP contribution in [0.25, 0.3) is 10.4 Å². The van der Waals surface area contributed by atoms with Crippen LogP contribution in [0.4, 0.5) is 0 Å². The molecule has 0 amide bonds. The fourth-order valence-electron chi connectivity index (χ4n) is 2.22. The molecule has 0 spiro atoms. The summed E-state index contributed by atoms with van der Waals surface area (Å²) in [5, 5.41) is 12.0. The molecule has 3 heterocycles. The van der Waals surface area contributed by atoms with E-state index in [2.05, 4.69) is 10.3 Å². The first-order chi connectivity index (χ1) is 10.7. The molecular weight excluding hydrogens is 300 g/mol. The number of carboxylic acids is 1. The Kier molecular flexibility index (Phi) is 4.70. The van der Waals surface area contributed by atoms with E-state index < -0.39 is 5.97 Å². The van der Waals surface area contributed by atoms with E-state index in [1.807, 2.05) is 18.2 Å². The molecule has 2 N–H and O–H groups in total. The number of hydrogen-bond donors (Lipinski definition) is 2. The van der Waals surface area contributed by atoms with Crippen LogP contribution in [0.3, 0.4) is 0 Å². The summed E-state index contributed by atoms with van der Waals surface area (Å²) in [4.78, 5) is 17.0. The minimum Gasteiger partial charge on any atom is -0.490 e. The van der Waals surface area contributed by atoms with Crippen LogP contribution in [0.1, 0.15) is 17.7 Å². The van der Waals surface area contributed by atoms with Gasteiger partial charge < -0.3 is 15.2 Å².